The maximum absolute atomic E-state index is 13.1. The molecule has 5 nitrogen and oxygen atoms in total. The summed E-state index contributed by atoms with van der Waals surface area (Å²) in [6.07, 6.45) is 2.85. The fourth-order valence-electron chi connectivity index (χ4n) is 3.49. The zero-order valence-electron chi connectivity index (χ0n) is 13.9. The number of nitrogens with zero attached hydrogens (tertiary/aromatic N) is 1. The molecule has 1 aliphatic carbocycles. The van der Waals surface area contributed by atoms with E-state index in [1.807, 2.05) is 0 Å². The normalized spacial score (nSPS) is 31.3. The quantitative estimate of drug-likeness (QED) is 0.420. The van der Waals surface area contributed by atoms with Crippen LogP contribution in [0.25, 0.3) is 0 Å². The van der Waals surface area contributed by atoms with Crippen LogP contribution in [0.2, 0.25) is 19.6 Å². The fourth-order valence-corrected chi connectivity index (χ4v) is 6.23. The van der Waals surface area contributed by atoms with Gasteiger partial charge in [0.2, 0.25) is 0 Å². The summed E-state index contributed by atoms with van der Waals surface area (Å²) in [4.78, 5) is 0. The second-order valence-electron chi connectivity index (χ2n) is 7.04. The number of hydrogen-bond donors (Lipinski definition) is 0. The van der Waals surface area contributed by atoms with Crippen molar-refractivity contribution in [2.45, 2.75) is 75.6 Å². The number of sulfonamides is 1. The standard InChI is InChI=1S/C13H24F3NO4SSi/c1-5-20-12(21-23(2,3)4)11(9-7-6-8-10-11)17(12)22(18,19)13(14,15)16/h5-10H2,1-4H3. The summed E-state index contributed by atoms with van der Waals surface area (Å²) in [5, 5.41) is 0. The van der Waals surface area contributed by atoms with Crippen LogP contribution in [0.3, 0.4) is 0 Å². The van der Waals surface area contributed by atoms with E-state index in [2.05, 4.69) is 0 Å². The lowest BCUT2D eigenvalue weighted by molar-refractivity contribution is -0.145. The summed E-state index contributed by atoms with van der Waals surface area (Å²) >= 11 is 0. The van der Waals surface area contributed by atoms with Gasteiger partial charge in [-0.15, -0.1) is 4.31 Å². The minimum Gasteiger partial charge on any atom is -0.377 e. The predicted molar refractivity (Wildman–Crippen MR) is 81.4 cm³/mol. The molecule has 0 amide bonds. The molecule has 1 aliphatic heterocycles. The first kappa shape index (κ1) is 19.2. The first-order chi connectivity index (χ1) is 10.3. The second-order valence-corrected chi connectivity index (χ2v) is 13.2. The van der Waals surface area contributed by atoms with Gasteiger partial charge in [-0.25, -0.2) is 8.42 Å². The SMILES string of the molecule is CCOC1(O[Si](C)(C)C)N(S(=O)(=O)C(F)(F)F)C12CCCCC2. The summed E-state index contributed by atoms with van der Waals surface area (Å²) in [5.41, 5.74) is -6.59. The van der Waals surface area contributed by atoms with E-state index in [1.54, 1.807) is 26.6 Å². The number of halogens is 3. The Kier molecular flexibility index (Phi) is 4.74. The van der Waals surface area contributed by atoms with Crippen molar-refractivity contribution in [3.63, 3.8) is 0 Å². The van der Waals surface area contributed by atoms with Crippen molar-refractivity contribution in [2.24, 2.45) is 0 Å². The van der Waals surface area contributed by atoms with Gasteiger partial charge < -0.3 is 9.16 Å². The van der Waals surface area contributed by atoms with Gasteiger partial charge in [-0.05, 0) is 39.4 Å². The fraction of sp³-hybridized carbons (Fsp3) is 1.00. The zero-order chi connectivity index (χ0) is 17.7. The molecule has 2 unspecified atom stereocenters. The van der Waals surface area contributed by atoms with Crippen LogP contribution in [0.4, 0.5) is 13.2 Å². The van der Waals surface area contributed by atoms with Crippen LogP contribution in [0.1, 0.15) is 39.0 Å². The Bertz CT molecular complexity index is 555. The van der Waals surface area contributed by atoms with Gasteiger partial charge >= 0.3 is 15.5 Å². The highest BCUT2D eigenvalue weighted by Crippen LogP contribution is 2.64. The van der Waals surface area contributed by atoms with Gasteiger partial charge in [0.25, 0.3) is 5.91 Å². The highest BCUT2D eigenvalue weighted by molar-refractivity contribution is 7.90. The first-order valence-electron chi connectivity index (χ1n) is 7.80. The molecular weight excluding hydrogens is 351 g/mol. The van der Waals surface area contributed by atoms with Gasteiger partial charge in [-0.2, -0.15) is 13.2 Å². The Hall–Kier alpha value is -0.163. The van der Waals surface area contributed by atoms with Crippen LogP contribution in [-0.2, 0) is 19.2 Å². The van der Waals surface area contributed by atoms with Crippen molar-refractivity contribution in [2.75, 3.05) is 6.61 Å². The third kappa shape index (κ3) is 2.96. The molecule has 2 fully saturated rings. The molecule has 2 atom stereocenters. The predicted octanol–water partition coefficient (Wildman–Crippen LogP) is 3.40. The maximum atomic E-state index is 13.1. The first-order valence-corrected chi connectivity index (χ1v) is 12.6. The highest BCUT2D eigenvalue weighted by Gasteiger charge is 2.85. The van der Waals surface area contributed by atoms with E-state index in [9.17, 15) is 21.6 Å². The lowest BCUT2D eigenvalue weighted by Crippen LogP contribution is -2.43. The molecule has 1 spiro atoms. The van der Waals surface area contributed by atoms with Crippen molar-refractivity contribution in [1.29, 1.82) is 0 Å². The smallest absolute Gasteiger partial charge is 0.377 e. The van der Waals surface area contributed by atoms with Crippen molar-refractivity contribution >= 4 is 18.3 Å². The van der Waals surface area contributed by atoms with E-state index in [1.165, 1.54) is 0 Å². The van der Waals surface area contributed by atoms with Crippen LogP contribution < -0.4 is 0 Å². The summed E-state index contributed by atoms with van der Waals surface area (Å²) < 4.78 is 75.6. The summed E-state index contributed by atoms with van der Waals surface area (Å²) in [6, 6.07) is 0. The molecule has 1 heterocycles. The lowest BCUT2D eigenvalue weighted by Gasteiger charge is -2.30. The Morgan fingerprint density at radius 1 is 1.13 bits per heavy atom. The van der Waals surface area contributed by atoms with Crippen LogP contribution in [0.5, 0.6) is 0 Å². The van der Waals surface area contributed by atoms with Crippen molar-refractivity contribution in [3.05, 3.63) is 0 Å². The molecule has 0 bridgehead atoms. The third-order valence-electron chi connectivity index (χ3n) is 4.19. The van der Waals surface area contributed by atoms with Crippen LogP contribution in [0, 0.1) is 0 Å². The van der Waals surface area contributed by atoms with E-state index in [4.69, 9.17) is 9.16 Å². The van der Waals surface area contributed by atoms with Gasteiger partial charge in [0.05, 0.1) is 0 Å². The molecule has 136 valence electrons. The second kappa shape index (κ2) is 5.69. The van der Waals surface area contributed by atoms with Gasteiger partial charge in [0.15, 0.2) is 8.32 Å². The van der Waals surface area contributed by atoms with Crippen LogP contribution in [0.15, 0.2) is 0 Å². The molecule has 1 saturated carbocycles. The average molecular weight is 375 g/mol. The average Bonchev–Trinajstić information content (AvgIpc) is 2.86. The molecule has 2 rings (SSSR count). The summed E-state index contributed by atoms with van der Waals surface area (Å²) in [7, 11) is -7.86. The van der Waals surface area contributed by atoms with E-state index < -0.39 is 35.3 Å². The maximum Gasteiger partial charge on any atom is 0.511 e. The monoisotopic (exact) mass is 375 g/mol. The van der Waals surface area contributed by atoms with E-state index in [0.717, 1.165) is 6.42 Å². The Morgan fingerprint density at radius 2 is 1.65 bits per heavy atom. The summed E-state index contributed by atoms with van der Waals surface area (Å²) in [5.74, 6) is -1.80. The Labute approximate surface area is 136 Å². The molecule has 0 aromatic carbocycles. The minimum atomic E-state index is -5.51. The molecule has 0 aromatic heterocycles. The topological polar surface area (TPSA) is 55.6 Å². The number of hydrogen-bond acceptors (Lipinski definition) is 4. The highest BCUT2D eigenvalue weighted by atomic mass is 32.2. The van der Waals surface area contributed by atoms with E-state index in [-0.39, 0.29) is 6.61 Å². The molecule has 0 N–H and O–H groups in total. The number of alkyl halides is 3. The molecule has 0 radical (unpaired) electrons. The summed E-state index contributed by atoms with van der Waals surface area (Å²) in [6.45, 7) is 7.13. The van der Waals surface area contributed by atoms with Crippen LogP contribution in [-0.4, -0.2) is 44.6 Å². The largest absolute Gasteiger partial charge is 0.511 e. The minimum absolute atomic E-state index is 0.0795. The van der Waals surface area contributed by atoms with Gasteiger partial charge in [0, 0.05) is 6.61 Å². The van der Waals surface area contributed by atoms with Crippen molar-refractivity contribution < 1.29 is 30.8 Å². The number of ether oxygens (including phenoxy) is 1. The molecule has 1 saturated heterocycles. The van der Waals surface area contributed by atoms with Crippen LogP contribution >= 0.6 is 0 Å². The van der Waals surface area contributed by atoms with Gasteiger partial charge in [-0.1, -0.05) is 19.3 Å². The van der Waals surface area contributed by atoms with Gasteiger partial charge in [0.1, 0.15) is 5.54 Å². The molecule has 0 aromatic rings. The molecular formula is C13H24F3NO4SSi. The Balaban J connectivity index is 2.53. The van der Waals surface area contributed by atoms with E-state index in [0.29, 0.717) is 30.0 Å². The molecule has 23 heavy (non-hydrogen) atoms. The van der Waals surface area contributed by atoms with Crippen molar-refractivity contribution in [1.82, 2.24) is 4.31 Å². The zero-order valence-corrected chi connectivity index (χ0v) is 15.7. The Morgan fingerprint density at radius 3 is 2.04 bits per heavy atom. The van der Waals surface area contributed by atoms with E-state index >= 15 is 0 Å². The van der Waals surface area contributed by atoms with Crippen molar-refractivity contribution in [3.8, 4) is 0 Å². The molecule has 2 aliphatic rings. The van der Waals surface area contributed by atoms with Gasteiger partial charge in [-0.3, -0.25) is 0 Å². The lowest BCUT2D eigenvalue weighted by atomic mass is 9.87. The number of rotatable bonds is 5. The molecule has 10 heteroatoms. The third-order valence-corrected chi connectivity index (χ3v) is 6.74.